The van der Waals surface area contributed by atoms with Gasteiger partial charge in [0.2, 0.25) is 0 Å². The highest BCUT2D eigenvalue weighted by atomic mass is 16.6. The zero-order valence-corrected chi connectivity index (χ0v) is 11.7. The Morgan fingerprint density at radius 2 is 2.35 bits per heavy atom. The minimum Gasteiger partial charge on any atom is -0.466 e. The molecule has 4 atom stereocenters. The van der Waals surface area contributed by atoms with Gasteiger partial charge in [0.05, 0.1) is 12.5 Å². The number of benzene rings is 1. The minimum atomic E-state index is -0.494. The zero-order chi connectivity index (χ0) is 14.3. The second-order valence-electron chi connectivity index (χ2n) is 5.61. The first-order valence-electron chi connectivity index (χ1n) is 7.00. The first kappa shape index (κ1) is 13.3. The highest BCUT2D eigenvalue weighted by Crippen LogP contribution is 2.50. The zero-order valence-electron chi connectivity index (χ0n) is 11.7. The average Bonchev–Trinajstić information content (AvgIpc) is 3.34. The SMILES string of the molecule is CCOC(=O)[C@@H]1C[C@H]1c1cccc(C2(C)OC2C=O)c1. The summed E-state index contributed by atoms with van der Waals surface area (Å²) in [6.45, 7) is 4.16. The van der Waals surface area contributed by atoms with Gasteiger partial charge in [0, 0.05) is 0 Å². The maximum atomic E-state index is 11.7. The van der Waals surface area contributed by atoms with Crippen LogP contribution in [0.1, 0.15) is 37.3 Å². The van der Waals surface area contributed by atoms with Gasteiger partial charge in [-0.25, -0.2) is 0 Å². The standard InChI is InChI=1S/C16H18O4/c1-3-19-15(18)13-8-12(13)10-5-4-6-11(7-10)16(2)14(9-17)20-16/h4-7,9,12-14H,3,8H2,1-2H3/t12-,13+,14?,16?/m0/s1. The van der Waals surface area contributed by atoms with Gasteiger partial charge in [0.25, 0.3) is 0 Å². The van der Waals surface area contributed by atoms with Gasteiger partial charge in [0.1, 0.15) is 11.7 Å². The summed E-state index contributed by atoms with van der Waals surface area (Å²) >= 11 is 0. The van der Waals surface area contributed by atoms with E-state index in [4.69, 9.17) is 9.47 Å². The largest absolute Gasteiger partial charge is 0.466 e. The van der Waals surface area contributed by atoms with Gasteiger partial charge in [-0.3, -0.25) is 4.79 Å². The Morgan fingerprint density at radius 1 is 1.55 bits per heavy atom. The van der Waals surface area contributed by atoms with Crippen molar-refractivity contribution in [3.05, 3.63) is 35.4 Å². The lowest BCUT2D eigenvalue weighted by atomic mass is 9.94. The lowest BCUT2D eigenvalue weighted by Gasteiger charge is -2.08. The molecule has 1 saturated heterocycles. The smallest absolute Gasteiger partial charge is 0.309 e. The fourth-order valence-electron chi connectivity index (χ4n) is 2.77. The molecular formula is C16H18O4. The molecule has 0 N–H and O–H groups in total. The van der Waals surface area contributed by atoms with E-state index in [0.717, 1.165) is 23.8 Å². The molecule has 2 fully saturated rings. The summed E-state index contributed by atoms with van der Waals surface area (Å²) in [5.74, 6) is 0.119. The summed E-state index contributed by atoms with van der Waals surface area (Å²) in [5, 5.41) is 0. The fourth-order valence-corrected chi connectivity index (χ4v) is 2.77. The number of ether oxygens (including phenoxy) is 2. The van der Waals surface area contributed by atoms with E-state index < -0.39 is 5.60 Å². The van der Waals surface area contributed by atoms with Crippen LogP contribution in [0.4, 0.5) is 0 Å². The molecule has 1 aromatic carbocycles. The van der Waals surface area contributed by atoms with Gasteiger partial charge >= 0.3 is 5.97 Å². The van der Waals surface area contributed by atoms with Crippen LogP contribution in [-0.2, 0) is 24.7 Å². The van der Waals surface area contributed by atoms with E-state index in [2.05, 4.69) is 0 Å². The van der Waals surface area contributed by atoms with Crippen LogP contribution in [-0.4, -0.2) is 25.0 Å². The van der Waals surface area contributed by atoms with Crippen LogP contribution >= 0.6 is 0 Å². The van der Waals surface area contributed by atoms with Gasteiger partial charge < -0.3 is 14.3 Å². The molecular weight excluding hydrogens is 256 g/mol. The number of carbonyl (C=O) groups is 2. The second kappa shape index (κ2) is 4.70. The highest BCUT2D eigenvalue weighted by molar-refractivity contribution is 5.77. The van der Waals surface area contributed by atoms with Crippen LogP contribution < -0.4 is 0 Å². The second-order valence-corrected chi connectivity index (χ2v) is 5.61. The van der Waals surface area contributed by atoms with Gasteiger partial charge in [-0.05, 0) is 37.3 Å². The van der Waals surface area contributed by atoms with E-state index in [9.17, 15) is 9.59 Å². The van der Waals surface area contributed by atoms with E-state index >= 15 is 0 Å². The molecule has 106 valence electrons. The molecule has 1 aliphatic heterocycles. The van der Waals surface area contributed by atoms with Crippen molar-refractivity contribution >= 4 is 12.3 Å². The number of epoxide rings is 1. The quantitative estimate of drug-likeness (QED) is 0.469. The third-order valence-electron chi connectivity index (χ3n) is 4.25. The van der Waals surface area contributed by atoms with Crippen molar-refractivity contribution in [1.82, 2.24) is 0 Å². The molecule has 2 unspecified atom stereocenters. The Hall–Kier alpha value is -1.68. The summed E-state index contributed by atoms with van der Waals surface area (Å²) in [6, 6.07) is 8.00. The molecule has 0 spiro atoms. The molecule has 1 saturated carbocycles. The number of hydrogen-bond acceptors (Lipinski definition) is 4. The molecule has 1 aromatic rings. The van der Waals surface area contributed by atoms with Crippen LogP contribution in [0.25, 0.3) is 0 Å². The monoisotopic (exact) mass is 274 g/mol. The van der Waals surface area contributed by atoms with Crippen molar-refractivity contribution < 1.29 is 19.1 Å². The summed E-state index contributed by atoms with van der Waals surface area (Å²) in [7, 11) is 0. The Labute approximate surface area is 118 Å². The molecule has 4 nitrogen and oxygen atoms in total. The normalized spacial score (nSPS) is 34.4. The van der Waals surface area contributed by atoms with E-state index in [1.807, 2.05) is 38.1 Å². The minimum absolute atomic E-state index is 0.0139. The Bertz CT molecular complexity index is 553. The predicted octanol–water partition coefficient (Wildman–Crippen LogP) is 2.17. The van der Waals surface area contributed by atoms with Crippen molar-refractivity contribution in [3.63, 3.8) is 0 Å². The lowest BCUT2D eigenvalue weighted by molar-refractivity contribution is -0.144. The van der Waals surface area contributed by atoms with E-state index in [-0.39, 0.29) is 23.9 Å². The van der Waals surface area contributed by atoms with Crippen LogP contribution in [0.3, 0.4) is 0 Å². The molecule has 3 rings (SSSR count). The average molecular weight is 274 g/mol. The lowest BCUT2D eigenvalue weighted by Crippen LogP contribution is -2.09. The predicted molar refractivity (Wildman–Crippen MR) is 72.2 cm³/mol. The van der Waals surface area contributed by atoms with Crippen LogP contribution in [0.15, 0.2) is 24.3 Å². The van der Waals surface area contributed by atoms with Crippen molar-refractivity contribution in [2.45, 2.75) is 37.9 Å². The summed E-state index contributed by atoms with van der Waals surface area (Å²) in [4.78, 5) is 22.5. The van der Waals surface area contributed by atoms with Crippen LogP contribution in [0.5, 0.6) is 0 Å². The summed E-state index contributed by atoms with van der Waals surface area (Å²) in [6.07, 6.45) is 1.33. The third-order valence-corrected chi connectivity index (χ3v) is 4.25. The van der Waals surface area contributed by atoms with Crippen molar-refractivity contribution in [3.8, 4) is 0 Å². The van der Waals surface area contributed by atoms with Gasteiger partial charge in [-0.15, -0.1) is 0 Å². The fraction of sp³-hybridized carbons (Fsp3) is 0.500. The van der Waals surface area contributed by atoms with Gasteiger partial charge in [-0.1, -0.05) is 24.3 Å². The molecule has 1 aliphatic carbocycles. The van der Waals surface area contributed by atoms with Gasteiger partial charge in [-0.2, -0.15) is 0 Å². The maximum Gasteiger partial charge on any atom is 0.309 e. The van der Waals surface area contributed by atoms with E-state index in [1.54, 1.807) is 0 Å². The maximum absolute atomic E-state index is 11.7. The van der Waals surface area contributed by atoms with Crippen molar-refractivity contribution in [1.29, 1.82) is 0 Å². The summed E-state index contributed by atoms with van der Waals surface area (Å²) in [5.41, 5.74) is 1.63. The Morgan fingerprint density at radius 3 is 3.00 bits per heavy atom. The first-order valence-corrected chi connectivity index (χ1v) is 7.00. The molecule has 4 heteroatoms. The Balaban J connectivity index is 1.74. The molecule has 0 aromatic heterocycles. The van der Waals surface area contributed by atoms with E-state index in [1.165, 1.54) is 0 Å². The molecule has 1 heterocycles. The molecule has 0 amide bonds. The molecule has 2 aliphatic rings. The van der Waals surface area contributed by atoms with Crippen LogP contribution in [0.2, 0.25) is 0 Å². The van der Waals surface area contributed by atoms with Crippen molar-refractivity contribution in [2.75, 3.05) is 6.61 Å². The van der Waals surface area contributed by atoms with E-state index in [0.29, 0.717) is 6.61 Å². The molecule has 20 heavy (non-hydrogen) atoms. The Kier molecular flexibility index (Phi) is 3.13. The topological polar surface area (TPSA) is 55.9 Å². The highest BCUT2D eigenvalue weighted by Gasteiger charge is 2.54. The number of aldehydes is 1. The van der Waals surface area contributed by atoms with Crippen LogP contribution in [0, 0.1) is 5.92 Å². The number of hydrogen-bond donors (Lipinski definition) is 0. The summed E-state index contributed by atoms with van der Waals surface area (Å²) < 4.78 is 10.5. The van der Waals surface area contributed by atoms with Gasteiger partial charge in [0.15, 0.2) is 6.29 Å². The molecule has 0 bridgehead atoms. The molecule has 0 radical (unpaired) electrons. The third kappa shape index (κ3) is 2.14. The van der Waals surface area contributed by atoms with Crippen molar-refractivity contribution in [2.24, 2.45) is 5.92 Å². The number of esters is 1. The number of carbonyl (C=O) groups excluding carboxylic acids is 2. The first-order chi connectivity index (χ1) is 9.60. The number of rotatable bonds is 5.